The highest BCUT2D eigenvalue weighted by molar-refractivity contribution is 5.87. The molecule has 1 aliphatic carbocycles. The number of hydrogen-bond donors (Lipinski definition) is 4. The number of hydrogen-bond acceptors (Lipinski definition) is 8. The summed E-state index contributed by atoms with van der Waals surface area (Å²) in [6.45, 7) is 11.0. The number of ether oxygens (including phenoxy) is 2. The molecule has 310 valence electrons. The van der Waals surface area contributed by atoms with Crippen LogP contribution >= 0.6 is 0 Å². The van der Waals surface area contributed by atoms with E-state index in [4.69, 9.17) is 14.5 Å². The van der Waals surface area contributed by atoms with Crippen molar-refractivity contribution in [2.75, 3.05) is 27.3 Å². The second kappa shape index (κ2) is 18.7. The maximum absolute atomic E-state index is 13.7. The lowest BCUT2D eigenvalue weighted by Gasteiger charge is -2.30. The lowest BCUT2D eigenvalue weighted by Crippen LogP contribution is -2.51. The van der Waals surface area contributed by atoms with Gasteiger partial charge in [-0.1, -0.05) is 71.0 Å². The van der Waals surface area contributed by atoms with Gasteiger partial charge in [-0.05, 0) is 84.6 Å². The molecule has 1 saturated heterocycles. The van der Waals surface area contributed by atoms with E-state index in [-0.39, 0.29) is 36.2 Å². The summed E-state index contributed by atoms with van der Waals surface area (Å²) in [5.74, 6) is 0.895. The number of H-pyrrole nitrogens is 2. The molecule has 58 heavy (non-hydrogen) atoms. The van der Waals surface area contributed by atoms with Crippen molar-refractivity contribution in [3.05, 3.63) is 71.6 Å². The van der Waals surface area contributed by atoms with Crippen LogP contribution in [0.1, 0.15) is 95.5 Å². The first-order valence-electron chi connectivity index (χ1n) is 20.6. The van der Waals surface area contributed by atoms with E-state index in [1.165, 1.54) is 30.9 Å². The Hall–Kier alpha value is -5.66. The number of imidazole rings is 2. The highest BCUT2D eigenvalue weighted by Gasteiger charge is 2.38. The van der Waals surface area contributed by atoms with Crippen LogP contribution in [0.4, 0.5) is 9.59 Å². The van der Waals surface area contributed by atoms with Crippen LogP contribution in [0.5, 0.6) is 0 Å². The second-order valence-electron chi connectivity index (χ2n) is 16.0. The summed E-state index contributed by atoms with van der Waals surface area (Å²) in [6, 6.07) is 11.3. The quantitative estimate of drug-likeness (QED) is 0.104. The van der Waals surface area contributed by atoms with Crippen molar-refractivity contribution in [2.24, 2.45) is 11.8 Å². The normalized spacial score (nSPS) is 16.2. The van der Waals surface area contributed by atoms with Crippen molar-refractivity contribution in [1.29, 1.82) is 0 Å². The van der Waals surface area contributed by atoms with Crippen molar-refractivity contribution >= 4 is 24.0 Å². The highest BCUT2D eigenvalue weighted by Crippen LogP contribution is 2.39. The van der Waals surface area contributed by atoms with Crippen LogP contribution in [0.3, 0.4) is 0 Å². The summed E-state index contributed by atoms with van der Waals surface area (Å²) in [6.07, 6.45) is 9.03. The van der Waals surface area contributed by atoms with E-state index < -0.39 is 24.3 Å². The van der Waals surface area contributed by atoms with Gasteiger partial charge in [0.2, 0.25) is 11.8 Å². The van der Waals surface area contributed by atoms with Crippen molar-refractivity contribution in [3.8, 4) is 33.6 Å². The first-order chi connectivity index (χ1) is 27.9. The number of carbonyl (C=O) groups is 4. The van der Waals surface area contributed by atoms with Gasteiger partial charge >= 0.3 is 12.2 Å². The number of carbonyl (C=O) groups excluding carboxylic acids is 4. The van der Waals surface area contributed by atoms with E-state index in [1.54, 1.807) is 11.1 Å². The Labute approximate surface area is 340 Å². The van der Waals surface area contributed by atoms with Gasteiger partial charge in [-0.3, -0.25) is 9.59 Å². The monoisotopic (exact) mass is 794 g/mol. The van der Waals surface area contributed by atoms with E-state index in [9.17, 15) is 19.2 Å². The smallest absolute Gasteiger partial charge is 0.407 e. The van der Waals surface area contributed by atoms with Crippen LogP contribution in [-0.2, 0) is 38.4 Å². The minimum absolute atomic E-state index is 0.104. The number of nitrogens with one attached hydrogen (secondary N) is 4. The summed E-state index contributed by atoms with van der Waals surface area (Å²) >= 11 is 0. The van der Waals surface area contributed by atoms with Crippen LogP contribution in [0.2, 0.25) is 0 Å². The Kier molecular flexibility index (Phi) is 13.6. The zero-order valence-electron chi connectivity index (χ0n) is 34.8. The van der Waals surface area contributed by atoms with Gasteiger partial charge in [0.15, 0.2) is 0 Å². The molecule has 4 N–H and O–H groups in total. The largest absolute Gasteiger partial charge is 0.453 e. The molecular formula is C44H58N8O6. The van der Waals surface area contributed by atoms with Crippen LogP contribution in [0.25, 0.3) is 33.6 Å². The minimum Gasteiger partial charge on any atom is -0.453 e. The molecule has 2 aromatic carbocycles. The van der Waals surface area contributed by atoms with E-state index in [2.05, 4.69) is 62.0 Å². The summed E-state index contributed by atoms with van der Waals surface area (Å²) < 4.78 is 9.55. The summed E-state index contributed by atoms with van der Waals surface area (Å²) in [5, 5.41) is 5.41. The van der Waals surface area contributed by atoms with Crippen LogP contribution in [-0.4, -0.2) is 93.1 Å². The molecule has 14 nitrogen and oxygen atoms in total. The Morgan fingerprint density at radius 1 is 0.793 bits per heavy atom. The molecule has 1 fully saturated rings. The molecule has 3 unspecified atom stereocenters. The van der Waals surface area contributed by atoms with Gasteiger partial charge in [0.25, 0.3) is 0 Å². The van der Waals surface area contributed by atoms with E-state index in [1.807, 2.05) is 45.7 Å². The average Bonchev–Trinajstić information content (AvgIpc) is 4.02. The van der Waals surface area contributed by atoms with Gasteiger partial charge in [-0.2, -0.15) is 0 Å². The standard InChI is InChI=1S/C44H58N8O6/c1-8-21-51(41(53)38(26(2)3)49-43(55)57-6)25-37-45-23-34(47-37)29-17-15-28(16-18-29)30-19-20-33(32-13-10-9-12-31(30)32)35-24-46-40(48-35)36-14-11-22-52(36)42(54)39(27(4)5)50-44(56)58-7/h15-20,23-24,26-27,36,38-39H,8-14,21-22,25H2,1-7H3,(H,45,47)(H,46,48)(H,49,55)(H,50,56). The Morgan fingerprint density at radius 2 is 1.40 bits per heavy atom. The van der Waals surface area contributed by atoms with Gasteiger partial charge in [-0.25, -0.2) is 19.6 Å². The van der Waals surface area contributed by atoms with Crippen LogP contribution < -0.4 is 10.6 Å². The number of fused-ring (bicyclic) bond motifs is 1. The van der Waals surface area contributed by atoms with Crippen LogP contribution in [0, 0.1) is 11.8 Å². The van der Waals surface area contributed by atoms with Gasteiger partial charge in [-0.15, -0.1) is 0 Å². The molecule has 0 saturated carbocycles. The van der Waals surface area contributed by atoms with Crippen molar-refractivity contribution < 1.29 is 28.7 Å². The molecule has 1 aliphatic heterocycles. The Morgan fingerprint density at radius 3 is 2.03 bits per heavy atom. The average molecular weight is 795 g/mol. The number of likely N-dealkylation sites (tertiary alicyclic amines) is 1. The zero-order chi connectivity index (χ0) is 41.5. The number of alkyl carbamates (subject to hydrolysis) is 2. The number of aromatic amines is 2. The lowest BCUT2D eigenvalue weighted by atomic mass is 9.82. The summed E-state index contributed by atoms with van der Waals surface area (Å²) in [7, 11) is 2.59. The Bertz CT molecular complexity index is 2070. The molecule has 4 amide bonds. The van der Waals surface area contributed by atoms with E-state index >= 15 is 0 Å². The van der Waals surface area contributed by atoms with Crippen molar-refractivity contribution in [3.63, 3.8) is 0 Å². The maximum atomic E-state index is 13.7. The number of rotatable bonds is 14. The minimum atomic E-state index is -0.709. The zero-order valence-corrected chi connectivity index (χ0v) is 34.8. The molecule has 0 bridgehead atoms. The molecule has 2 aromatic heterocycles. The molecule has 3 heterocycles. The third-order valence-corrected chi connectivity index (χ3v) is 11.3. The third kappa shape index (κ3) is 9.21. The first-order valence-corrected chi connectivity index (χ1v) is 20.6. The summed E-state index contributed by atoms with van der Waals surface area (Å²) in [4.78, 5) is 71.2. The van der Waals surface area contributed by atoms with Gasteiger partial charge < -0.3 is 39.9 Å². The van der Waals surface area contributed by atoms with E-state index in [0.29, 0.717) is 18.9 Å². The number of benzene rings is 2. The lowest BCUT2D eigenvalue weighted by molar-refractivity contribution is -0.136. The molecule has 14 heteroatoms. The predicted octanol–water partition coefficient (Wildman–Crippen LogP) is 7.18. The number of aromatic nitrogens is 4. The topological polar surface area (TPSA) is 175 Å². The summed E-state index contributed by atoms with van der Waals surface area (Å²) in [5.41, 5.74) is 8.95. The second-order valence-corrected chi connectivity index (χ2v) is 16.0. The number of nitrogens with zero attached hydrogens (tertiary/aromatic N) is 4. The fourth-order valence-corrected chi connectivity index (χ4v) is 8.26. The molecular weight excluding hydrogens is 737 g/mol. The molecule has 3 atom stereocenters. The SMILES string of the molecule is CCCN(Cc1ncc(-c2ccc(-c3ccc(-c4cnc(C5CCCN5C(=O)C(NC(=O)OC)C(C)C)[nH]4)c4c3CCCC4)cc2)[nH]1)C(=O)C(NC(=O)OC)C(C)C. The first kappa shape index (κ1) is 42.0. The molecule has 6 rings (SSSR count). The van der Waals surface area contributed by atoms with Gasteiger partial charge in [0, 0.05) is 18.7 Å². The number of amides is 4. The Balaban J connectivity index is 1.19. The van der Waals surface area contributed by atoms with Crippen molar-refractivity contribution in [1.82, 2.24) is 40.4 Å². The molecule has 0 radical (unpaired) electrons. The van der Waals surface area contributed by atoms with Crippen molar-refractivity contribution in [2.45, 2.75) is 104 Å². The van der Waals surface area contributed by atoms with Gasteiger partial charge in [0.1, 0.15) is 23.7 Å². The van der Waals surface area contributed by atoms with Gasteiger partial charge in [0.05, 0.1) is 50.6 Å². The molecule has 4 aromatic rings. The molecule has 2 aliphatic rings. The fourth-order valence-electron chi connectivity index (χ4n) is 8.26. The van der Waals surface area contributed by atoms with E-state index in [0.717, 1.165) is 78.8 Å². The maximum Gasteiger partial charge on any atom is 0.407 e. The highest BCUT2D eigenvalue weighted by atomic mass is 16.5. The van der Waals surface area contributed by atoms with Crippen LogP contribution in [0.15, 0.2) is 48.8 Å². The third-order valence-electron chi connectivity index (χ3n) is 11.3. The number of methoxy groups -OCH3 is 2. The predicted molar refractivity (Wildman–Crippen MR) is 221 cm³/mol. The molecule has 0 spiro atoms. The fraction of sp³-hybridized carbons (Fsp3) is 0.500.